The van der Waals surface area contributed by atoms with E-state index in [0.29, 0.717) is 13.1 Å². The number of hydrogen-bond acceptors (Lipinski definition) is 3. The van der Waals surface area contributed by atoms with Crippen LogP contribution in [0.3, 0.4) is 0 Å². The van der Waals surface area contributed by atoms with Crippen LogP contribution in [0.15, 0.2) is 42.5 Å². The maximum Gasteiger partial charge on any atom is 0.246 e. The van der Waals surface area contributed by atoms with E-state index in [1.54, 1.807) is 17.4 Å². The van der Waals surface area contributed by atoms with Gasteiger partial charge in [-0.2, -0.15) is 0 Å². The number of nitrogens with zero attached hydrogens (tertiary/aromatic N) is 2. The molecule has 2 heterocycles. The minimum atomic E-state index is 0.0654. The second-order valence-electron chi connectivity index (χ2n) is 6.72. The Balaban J connectivity index is 1.89. The molecule has 0 N–H and O–H groups in total. The number of amides is 1. The van der Waals surface area contributed by atoms with Crippen LogP contribution in [0.1, 0.15) is 27.5 Å². The molecule has 5 heteroatoms. The Hall–Kier alpha value is -1.62. The summed E-state index contributed by atoms with van der Waals surface area (Å²) in [5.74, 6) is 0.246. The predicted octanol–water partition coefficient (Wildman–Crippen LogP) is 4.30. The molecule has 2 aromatic rings. The van der Waals surface area contributed by atoms with Gasteiger partial charge < -0.3 is 9.80 Å². The molecule has 0 aliphatic carbocycles. The van der Waals surface area contributed by atoms with Gasteiger partial charge in [0.2, 0.25) is 5.91 Å². The fourth-order valence-corrected chi connectivity index (χ4v) is 4.62. The molecule has 132 valence electrons. The van der Waals surface area contributed by atoms with Crippen LogP contribution in [0.25, 0.3) is 0 Å². The summed E-state index contributed by atoms with van der Waals surface area (Å²) in [6.45, 7) is 4.22. The average Bonchev–Trinajstić information content (AvgIpc) is 2.94. The zero-order valence-corrected chi connectivity index (χ0v) is 16.4. The van der Waals surface area contributed by atoms with E-state index in [4.69, 9.17) is 11.6 Å². The number of rotatable bonds is 4. The summed E-state index contributed by atoms with van der Waals surface area (Å²) in [7, 11) is 3.98. The molecule has 0 unspecified atom stereocenters. The van der Waals surface area contributed by atoms with Crippen molar-refractivity contribution >= 4 is 28.8 Å². The number of fused-ring (bicyclic) bond motifs is 1. The first-order valence-corrected chi connectivity index (χ1v) is 9.59. The topological polar surface area (TPSA) is 23.6 Å². The minimum absolute atomic E-state index is 0.0654. The lowest BCUT2D eigenvalue weighted by Crippen LogP contribution is -2.37. The lowest BCUT2D eigenvalue weighted by Gasteiger charge is -2.33. The predicted molar refractivity (Wildman–Crippen MR) is 105 cm³/mol. The fraction of sp³-hybridized carbons (Fsp3) is 0.350. The Labute approximate surface area is 158 Å². The first-order valence-electron chi connectivity index (χ1n) is 8.39. The van der Waals surface area contributed by atoms with Crippen LogP contribution in [0, 0.1) is 6.92 Å². The van der Waals surface area contributed by atoms with Crippen LogP contribution in [0.4, 0.5) is 0 Å². The molecule has 0 fully saturated rings. The van der Waals surface area contributed by atoms with Crippen LogP contribution >= 0.6 is 22.9 Å². The number of likely N-dealkylation sites (N-methyl/N-ethyl adjacent to an activating group) is 1. The first kappa shape index (κ1) is 18.2. The molecule has 1 aromatic carbocycles. The summed E-state index contributed by atoms with van der Waals surface area (Å²) >= 11 is 7.87. The molecule has 0 spiro atoms. The van der Waals surface area contributed by atoms with E-state index in [9.17, 15) is 4.79 Å². The highest BCUT2D eigenvalue weighted by Crippen LogP contribution is 2.40. The number of benzene rings is 1. The van der Waals surface area contributed by atoms with Crippen molar-refractivity contribution in [1.29, 1.82) is 0 Å². The van der Waals surface area contributed by atoms with Gasteiger partial charge in [-0.3, -0.25) is 4.79 Å². The molecule has 1 amide bonds. The molecule has 3 rings (SSSR count). The second-order valence-corrected chi connectivity index (χ2v) is 8.49. The zero-order chi connectivity index (χ0) is 18.0. The number of thiophene rings is 1. The number of hydrogen-bond donors (Lipinski definition) is 0. The Bertz CT molecular complexity index is 797. The van der Waals surface area contributed by atoms with Crippen LogP contribution in [-0.2, 0) is 11.3 Å². The van der Waals surface area contributed by atoms with Crippen molar-refractivity contribution in [2.75, 3.05) is 27.2 Å². The number of aryl methyl sites for hydroxylation is 1. The van der Waals surface area contributed by atoms with E-state index in [1.165, 1.54) is 21.6 Å². The van der Waals surface area contributed by atoms with Crippen molar-refractivity contribution in [1.82, 2.24) is 9.80 Å². The van der Waals surface area contributed by atoms with Crippen LogP contribution in [0.5, 0.6) is 0 Å². The molecule has 25 heavy (non-hydrogen) atoms. The van der Waals surface area contributed by atoms with E-state index in [2.05, 4.69) is 37.3 Å². The summed E-state index contributed by atoms with van der Waals surface area (Å²) in [4.78, 5) is 17.8. The normalized spacial score (nSPS) is 17.3. The second kappa shape index (κ2) is 7.73. The maximum atomic E-state index is 12.7. The van der Waals surface area contributed by atoms with Gasteiger partial charge in [-0.25, -0.2) is 0 Å². The Morgan fingerprint density at radius 3 is 2.84 bits per heavy atom. The molecular weight excluding hydrogens is 352 g/mol. The van der Waals surface area contributed by atoms with Gasteiger partial charge in [0.25, 0.3) is 0 Å². The highest BCUT2D eigenvalue weighted by molar-refractivity contribution is 7.16. The largest absolute Gasteiger partial charge is 0.333 e. The molecule has 1 atom stereocenters. The third-order valence-corrected chi connectivity index (χ3v) is 5.80. The van der Waals surface area contributed by atoms with Crippen molar-refractivity contribution < 1.29 is 4.79 Å². The monoisotopic (exact) mass is 374 g/mol. The van der Waals surface area contributed by atoms with Crippen molar-refractivity contribution in [3.63, 3.8) is 0 Å². The lowest BCUT2D eigenvalue weighted by atomic mass is 9.86. The van der Waals surface area contributed by atoms with Gasteiger partial charge in [0, 0.05) is 30.0 Å². The molecule has 1 aromatic heterocycles. The standard InChI is InChI=1S/C20H23ClN2OS/c1-14-7-4-5-8-15(14)17-12-23(20(24)9-6-10-22(2)3)13-18-16(17)11-19(21)25-18/h4-9,11,17H,10,12-13H2,1-3H3/b9-6+/t17-/m1/s1. The van der Waals surface area contributed by atoms with Crippen LogP contribution in [-0.4, -0.2) is 42.9 Å². The molecule has 1 aliphatic heterocycles. The number of carbonyl (C=O) groups is 1. The van der Waals surface area contributed by atoms with Gasteiger partial charge in [0.05, 0.1) is 10.9 Å². The van der Waals surface area contributed by atoms with E-state index in [-0.39, 0.29) is 11.8 Å². The third-order valence-electron chi connectivity index (χ3n) is 4.53. The summed E-state index contributed by atoms with van der Waals surface area (Å²) in [5, 5.41) is 0. The van der Waals surface area contributed by atoms with Crippen molar-refractivity contribution in [2.45, 2.75) is 19.4 Å². The summed E-state index contributed by atoms with van der Waals surface area (Å²) in [6.07, 6.45) is 3.61. The van der Waals surface area contributed by atoms with Crippen molar-refractivity contribution in [3.8, 4) is 0 Å². The van der Waals surface area contributed by atoms with Crippen LogP contribution in [0.2, 0.25) is 4.34 Å². The summed E-state index contributed by atoms with van der Waals surface area (Å²) in [5.41, 5.74) is 3.79. The van der Waals surface area contributed by atoms with Crippen molar-refractivity contribution in [3.05, 3.63) is 68.4 Å². The quantitative estimate of drug-likeness (QED) is 0.745. The smallest absolute Gasteiger partial charge is 0.246 e. The van der Waals surface area contributed by atoms with Gasteiger partial charge >= 0.3 is 0 Å². The molecular formula is C20H23ClN2OS. The minimum Gasteiger partial charge on any atom is -0.333 e. The van der Waals surface area contributed by atoms with Gasteiger partial charge in [-0.15, -0.1) is 11.3 Å². The third kappa shape index (κ3) is 4.14. The maximum absolute atomic E-state index is 12.7. The molecule has 0 radical (unpaired) electrons. The SMILES string of the molecule is Cc1ccccc1[C@H]1CN(C(=O)/C=C/CN(C)C)Cc2sc(Cl)cc21. The molecule has 1 aliphatic rings. The van der Waals surface area contributed by atoms with E-state index in [1.807, 2.05) is 30.0 Å². The number of carbonyl (C=O) groups excluding carboxylic acids is 1. The van der Waals surface area contributed by atoms with Gasteiger partial charge in [-0.05, 0) is 43.8 Å². The van der Waals surface area contributed by atoms with Gasteiger partial charge in [-0.1, -0.05) is 41.9 Å². The lowest BCUT2D eigenvalue weighted by molar-refractivity contribution is -0.127. The fourth-order valence-electron chi connectivity index (χ4n) is 3.27. The summed E-state index contributed by atoms with van der Waals surface area (Å²) < 4.78 is 0.793. The molecule has 0 saturated carbocycles. The van der Waals surface area contributed by atoms with E-state index in [0.717, 1.165) is 10.9 Å². The number of halogens is 1. The molecule has 0 saturated heterocycles. The Kier molecular flexibility index (Phi) is 5.62. The van der Waals surface area contributed by atoms with Gasteiger partial charge in [0.1, 0.15) is 0 Å². The molecule has 3 nitrogen and oxygen atoms in total. The van der Waals surface area contributed by atoms with E-state index >= 15 is 0 Å². The van der Waals surface area contributed by atoms with Gasteiger partial charge in [0.15, 0.2) is 0 Å². The van der Waals surface area contributed by atoms with Crippen molar-refractivity contribution in [2.24, 2.45) is 0 Å². The zero-order valence-electron chi connectivity index (χ0n) is 14.8. The average molecular weight is 375 g/mol. The van der Waals surface area contributed by atoms with Crippen LogP contribution < -0.4 is 0 Å². The van der Waals surface area contributed by atoms with E-state index < -0.39 is 0 Å². The first-order chi connectivity index (χ1) is 12.0. The highest BCUT2D eigenvalue weighted by atomic mass is 35.5. The Morgan fingerprint density at radius 2 is 2.12 bits per heavy atom. The highest BCUT2D eigenvalue weighted by Gasteiger charge is 2.31. The Morgan fingerprint density at radius 1 is 1.36 bits per heavy atom. The molecule has 0 bridgehead atoms. The summed E-state index contributed by atoms with van der Waals surface area (Å²) in [6, 6.07) is 10.5.